The van der Waals surface area contributed by atoms with E-state index in [1.165, 1.54) is 41.3 Å². The van der Waals surface area contributed by atoms with Crippen LogP contribution in [0.15, 0.2) is 27.4 Å². The lowest BCUT2D eigenvalue weighted by atomic mass is 9.91. The number of carboxylic acid groups (broad SMARTS) is 2. The number of nitrogens with two attached hydrogens (primary N) is 1. The summed E-state index contributed by atoms with van der Waals surface area (Å²) in [5.74, 6) is -2.14. The Morgan fingerprint density at radius 3 is 2.42 bits per heavy atom. The van der Waals surface area contributed by atoms with Gasteiger partial charge in [-0.1, -0.05) is 43.9 Å². The van der Waals surface area contributed by atoms with Crippen molar-refractivity contribution in [2.24, 2.45) is 7.05 Å². The number of nitrogens with one attached hydrogen (secondary N) is 2. The lowest BCUT2D eigenvalue weighted by molar-refractivity contribution is 0.0651. The number of aromatic nitrogens is 4. The SMILES string of the molecule is Cn1nc(C(C)(C)C)c(NNc2nnc(Sc3ccc(C(=O)O)c(C(=O)O)c3)s2)c1N. The summed E-state index contributed by atoms with van der Waals surface area (Å²) in [6.07, 6.45) is 0. The molecule has 3 aromatic rings. The number of hydrogen-bond donors (Lipinski definition) is 5. The molecule has 0 spiro atoms. The maximum atomic E-state index is 11.3. The summed E-state index contributed by atoms with van der Waals surface area (Å²) in [7, 11) is 1.76. The van der Waals surface area contributed by atoms with Crippen LogP contribution in [0, 0.1) is 0 Å². The molecular formula is C18H21N7O4S2. The molecule has 0 fully saturated rings. The van der Waals surface area contributed by atoms with Crippen LogP contribution in [0.1, 0.15) is 47.2 Å². The van der Waals surface area contributed by atoms with Crippen LogP contribution in [0.3, 0.4) is 0 Å². The van der Waals surface area contributed by atoms with Gasteiger partial charge in [-0.25, -0.2) is 9.59 Å². The molecule has 0 amide bonds. The van der Waals surface area contributed by atoms with Crippen molar-refractivity contribution >= 4 is 51.7 Å². The van der Waals surface area contributed by atoms with E-state index in [2.05, 4.69) is 26.1 Å². The average Bonchev–Trinajstić information content (AvgIpc) is 3.24. The molecule has 3 rings (SSSR count). The van der Waals surface area contributed by atoms with E-state index in [-0.39, 0.29) is 16.5 Å². The van der Waals surface area contributed by atoms with Gasteiger partial charge in [0.15, 0.2) is 4.34 Å². The van der Waals surface area contributed by atoms with Crippen molar-refractivity contribution < 1.29 is 19.8 Å². The van der Waals surface area contributed by atoms with Gasteiger partial charge in [-0.3, -0.25) is 15.5 Å². The fourth-order valence-electron chi connectivity index (χ4n) is 2.65. The van der Waals surface area contributed by atoms with Crippen LogP contribution < -0.4 is 16.6 Å². The number of carboxylic acids is 2. The number of nitrogen functional groups attached to an aromatic ring is 1. The van der Waals surface area contributed by atoms with Gasteiger partial charge in [-0.05, 0) is 18.2 Å². The summed E-state index contributed by atoms with van der Waals surface area (Å²) in [6, 6.07) is 4.09. The highest BCUT2D eigenvalue weighted by molar-refractivity contribution is 8.01. The van der Waals surface area contributed by atoms with Crippen molar-refractivity contribution in [2.75, 3.05) is 16.6 Å². The van der Waals surface area contributed by atoms with E-state index < -0.39 is 11.9 Å². The number of hydrazine groups is 1. The van der Waals surface area contributed by atoms with E-state index in [4.69, 9.17) is 10.8 Å². The number of nitrogens with zero attached hydrogens (tertiary/aromatic N) is 4. The quantitative estimate of drug-likeness (QED) is 0.326. The van der Waals surface area contributed by atoms with Crippen LogP contribution in [0.2, 0.25) is 0 Å². The third-order valence-corrected chi connectivity index (χ3v) is 6.04. The number of aryl methyl sites for hydroxylation is 1. The molecular weight excluding hydrogens is 442 g/mol. The van der Waals surface area contributed by atoms with Gasteiger partial charge >= 0.3 is 11.9 Å². The molecule has 13 heteroatoms. The van der Waals surface area contributed by atoms with Crippen LogP contribution in [0.25, 0.3) is 0 Å². The van der Waals surface area contributed by atoms with E-state index in [1.54, 1.807) is 11.7 Å². The predicted molar refractivity (Wildman–Crippen MR) is 118 cm³/mol. The highest BCUT2D eigenvalue weighted by Gasteiger charge is 2.25. The van der Waals surface area contributed by atoms with Gasteiger partial charge in [0, 0.05) is 17.4 Å². The molecule has 6 N–H and O–H groups in total. The molecule has 0 aliphatic rings. The second-order valence-electron chi connectivity index (χ2n) is 7.53. The number of anilines is 3. The van der Waals surface area contributed by atoms with Crippen LogP contribution in [-0.2, 0) is 12.5 Å². The largest absolute Gasteiger partial charge is 0.478 e. The third kappa shape index (κ3) is 4.88. The summed E-state index contributed by atoms with van der Waals surface area (Å²) in [5, 5.41) is 31.4. The van der Waals surface area contributed by atoms with E-state index in [1.807, 2.05) is 20.8 Å². The first-order valence-corrected chi connectivity index (χ1v) is 10.6. The fraction of sp³-hybridized carbons (Fsp3) is 0.278. The standard InChI is InChI=1S/C18H21N7O4S2/c1-18(2,3)12-11(13(19)25(4)24-12)20-21-16-22-23-17(31-16)30-8-5-6-9(14(26)27)10(7-8)15(28)29/h5-7,20H,19H2,1-4H3,(H,21,22)(H,26,27)(H,28,29). The molecule has 0 saturated carbocycles. The van der Waals surface area contributed by atoms with Gasteiger partial charge in [-0.2, -0.15) is 5.10 Å². The van der Waals surface area contributed by atoms with Crippen molar-refractivity contribution in [3.8, 4) is 0 Å². The Kier molecular flexibility index (Phi) is 6.08. The molecule has 0 aliphatic heterocycles. The van der Waals surface area contributed by atoms with Crippen molar-refractivity contribution in [2.45, 2.75) is 35.4 Å². The number of aromatic carboxylic acids is 2. The number of carbonyl (C=O) groups is 2. The minimum absolute atomic E-state index is 0.231. The Labute approximate surface area is 185 Å². The van der Waals surface area contributed by atoms with Crippen molar-refractivity contribution in [3.05, 3.63) is 35.0 Å². The molecule has 0 saturated heterocycles. The molecule has 1 aromatic carbocycles. The van der Waals surface area contributed by atoms with Crippen molar-refractivity contribution in [1.82, 2.24) is 20.0 Å². The highest BCUT2D eigenvalue weighted by atomic mass is 32.2. The molecule has 2 heterocycles. The van der Waals surface area contributed by atoms with Gasteiger partial charge in [0.25, 0.3) is 0 Å². The van der Waals surface area contributed by atoms with Crippen molar-refractivity contribution in [1.29, 1.82) is 0 Å². The number of rotatable bonds is 7. The summed E-state index contributed by atoms with van der Waals surface area (Å²) < 4.78 is 2.13. The zero-order valence-electron chi connectivity index (χ0n) is 17.1. The smallest absolute Gasteiger partial charge is 0.336 e. The zero-order valence-corrected chi connectivity index (χ0v) is 18.8. The zero-order chi connectivity index (χ0) is 22.9. The molecule has 164 valence electrons. The number of benzene rings is 1. The Bertz CT molecular complexity index is 1150. The van der Waals surface area contributed by atoms with Crippen LogP contribution in [-0.4, -0.2) is 42.1 Å². The summed E-state index contributed by atoms with van der Waals surface area (Å²) in [6.45, 7) is 6.09. The van der Waals surface area contributed by atoms with Crippen LogP contribution >= 0.6 is 23.1 Å². The summed E-state index contributed by atoms with van der Waals surface area (Å²) in [5.41, 5.74) is 12.8. The topological polar surface area (TPSA) is 168 Å². The number of hydrogen-bond acceptors (Lipinski definition) is 10. The maximum absolute atomic E-state index is 11.3. The average molecular weight is 464 g/mol. The second-order valence-corrected chi connectivity index (χ2v) is 9.82. The van der Waals surface area contributed by atoms with E-state index in [0.717, 1.165) is 5.69 Å². The van der Waals surface area contributed by atoms with E-state index >= 15 is 0 Å². The molecule has 31 heavy (non-hydrogen) atoms. The molecule has 0 radical (unpaired) electrons. The Balaban J connectivity index is 1.75. The van der Waals surface area contributed by atoms with Crippen LogP contribution in [0.5, 0.6) is 0 Å². The van der Waals surface area contributed by atoms with Gasteiger partial charge in [0.1, 0.15) is 11.5 Å². The Morgan fingerprint density at radius 1 is 1.13 bits per heavy atom. The van der Waals surface area contributed by atoms with E-state index in [0.29, 0.717) is 25.9 Å². The normalized spacial score (nSPS) is 11.4. The third-order valence-electron chi connectivity index (χ3n) is 4.16. The molecule has 11 nitrogen and oxygen atoms in total. The Morgan fingerprint density at radius 2 is 1.81 bits per heavy atom. The first-order chi connectivity index (χ1) is 14.5. The summed E-state index contributed by atoms with van der Waals surface area (Å²) >= 11 is 2.41. The fourth-order valence-corrected chi connectivity index (χ4v) is 4.37. The van der Waals surface area contributed by atoms with Gasteiger partial charge < -0.3 is 15.9 Å². The molecule has 0 bridgehead atoms. The van der Waals surface area contributed by atoms with Gasteiger partial charge in [0.05, 0.1) is 16.8 Å². The molecule has 0 unspecified atom stereocenters. The van der Waals surface area contributed by atoms with Crippen molar-refractivity contribution in [3.63, 3.8) is 0 Å². The minimum atomic E-state index is -1.31. The highest BCUT2D eigenvalue weighted by Crippen LogP contribution is 2.35. The predicted octanol–water partition coefficient (Wildman–Crippen LogP) is 3.14. The molecule has 2 aromatic heterocycles. The second kappa shape index (κ2) is 8.43. The monoisotopic (exact) mass is 463 g/mol. The van der Waals surface area contributed by atoms with E-state index in [9.17, 15) is 14.7 Å². The van der Waals surface area contributed by atoms with Gasteiger partial charge in [-0.15, -0.1) is 10.2 Å². The Hall–Kier alpha value is -3.32. The minimum Gasteiger partial charge on any atom is -0.478 e. The lowest BCUT2D eigenvalue weighted by Gasteiger charge is -2.18. The first kappa shape index (κ1) is 22.4. The first-order valence-electron chi connectivity index (χ1n) is 8.94. The van der Waals surface area contributed by atoms with Crippen LogP contribution in [0.4, 0.5) is 16.6 Å². The molecule has 0 aliphatic carbocycles. The molecule has 0 atom stereocenters. The summed E-state index contributed by atoms with van der Waals surface area (Å²) in [4.78, 5) is 23.1. The maximum Gasteiger partial charge on any atom is 0.336 e. The lowest BCUT2D eigenvalue weighted by Crippen LogP contribution is -2.17. The van der Waals surface area contributed by atoms with Gasteiger partial charge in [0.2, 0.25) is 5.13 Å².